The van der Waals surface area contributed by atoms with Crippen LogP contribution in [0.25, 0.3) is 91.9 Å². The van der Waals surface area contributed by atoms with Crippen LogP contribution in [0.4, 0.5) is 11.4 Å². The van der Waals surface area contributed by atoms with Crippen LogP contribution in [0, 0.1) is 6.92 Å². The molecule has 65 heavy (non-hydrogen) atoms. The monoisotopic (exact) mass is 856 g/mol. The fraction of sp³-hybridized carbons (Fsp3) is 0.200. The second-order valence-electron chi connectivity index (χ2n) is 21.8. The zero-order valence-electron chi connectivity index (χ0n) is 38.5. The molecule has 0 spiro atoms. The molecule has 5 heterocycles. The van der Waals surface area contributed by atoms with Gasteiger partial charge in [-0.05, 0) is 128 Å². The van der Waals surface area contributed by atoms with Gasteiger partial charge in [-0.2, -0.15) is 0 Å². The van der Waals surface area contributed by atoms with E-state index >= 15 is 0 Å². The maximum Gasteiger partial charge on any atom is 0.333 e. The summed E-state index contributed by atoms with van der Waals surface area (Å²) in [6.45, 7) is 21.0. The topological polar surface area (TPSA) is 21.3 Å². The van der Waals surface area contributed by atoms with E-state index in [0.29, 0.717) is 0 Å². The number of thiophene rings is 1. The summed E-state index contributed by atoms with van der Waals surface area (Å²) in [6, 6.07) is 51.8. The quantitative estimate of drug-likeness (QED) is 0.153. The third-order valence-electron chi connectivity index (χ3n) is 15.6. The largest absolute Gasteiger partial charge is 0.456 e. The van der Waals surface area contributed by atoms with E-state index in [1.807, 2.05) is 11.3 Å². The Kier molecular flexibility index (Phi) is 7.10. The molecule has 5 heteroatoms. The molecule has 3 aromatic heterocycles. The number of furan rings is 1. The highest BCUT2D eigenvalue weighted by Crippen LogP contribution is 2.56. The molecule has 0 N–H and O–H groups in total. The molecule has 8 aromatic carbocycles. The van der Waals surface area contributed by atoms with Crippen molar-refractivity contribution in [3.8, 4) is 27.9 Å². The summed E-state index contributed by atoms with van der Waals surface area (Å²) in [6.07, 6.45) is 0. The number of aromatic nitrogens is 1. The molecule has 0 atom stereocenters. The molecule has 0 fully saturated rings. The molecule has 2 aliphatic heterocycles. The minimum Gasteiger partial charge on any atom is -0.456 e. The first kappa shape index (κ1) is 37.8. The molecule has 14 rings (SSSR count). The van der Waals surface area contributed by atoms with E-state index in [9.17, 15) is 0 Å². The van der Waals surface area contributed by atoms with Crippen molar-refractivity contribution in [2.45, 2.75) is 78.6 Å². The SMILES string of the molecule is Cc1cc2c3c4c1c1cc5oc6ccccc6c5cc1n4-c1cc4sc5ccccc5c4cc1B3N(c1ccc(C(C)(C)C)cc1)c1cc3c(cc1-2)C(C)(C)c1ccc(C(C)(C)C)cc1-3. The van der Waals surface area contributed by atoms with Gasteiger partial charge in [0, 0.05) is 69.8 Å². The van der Waals surface area contributed by atoms with E-state index in [-0.39, 0.29) is 23.1 Å². The van der Waals surface area contributed by atoms with Crippen LogP contribution in [0.5, 0.6) is 0 Å². The van der Waals surface area contributed by atoms with Gasteiger partial charge >= 0.3 is 6.85 Å². The molecule has 1 aliphatic carbocycles. The molecule has 0 bridgehead atoms. The van der Waals surface area contributed by atoms with Crippen molar-refractivity contribution >= 4 is 104 Å². The van der Waals surface area contributed by atoms with Gasteiger partial charge in [-0.1, -0.05) is 134 Å². The highest BCUT2D eigenvalue weighted by molar-refractivity contribution is 7.26. The lowest BCUT2D eigenvalue weighted by Crippen LogP contribution is -2.60. The average Bonchev–Trinajstić information content (AvgIpc) is 4.00. The number of anilines is 2. The number of rotatable bonds is 1. The lowest BCUT2D eigenvalue weighted by Gasteiger charge is -2.43. The first-order valence-corrected chi connectivity index (χ1v) is 24.1. The maximum atomic E-state index is 6.63. The smallest absolute Gasteiger partial charge is 0.333 e. The summed E-state index contributed by atoms with van der Waals surface area (Å²) >= 11 is 1.91. The summed E-state index contributed by atoms with van der Waals surface area (Å²) in [7, 11) is 0. The Morgan fingerprint density at radius 2 is 1.28 bits per heavy atom. The minimum atomic E-state index is -0.160. The molecular formula is C60H49BN2OS. The molecule has 3 nitrogen and oxygen atoms in total. The van der Waals surface area contributed by atoms with Crippen LogP contribution in [-0.4, -0.2) is 11.4 Å². The molecule has 0 saturated heterocycles. The van der Waals surface area contributed by atoms with Crippen molar-refractivity contribution in [2.24, 2.45) is 0 Å². The lowest BCUT2D eigenvalue weighted by molar-refractivity contribution is 0.589. The van der Waals surface area contributed by atoms with E-state index in [0.717, 1.165) is 21.9 Å². The normalized spacial score (nSPS) is 14.9. The van der Waals surface area contributed by atoms with Crippen LogP contribution in [0.1, 0.15) is 83.2 Å². The zero-order chi connectivity index (χ0) is 44.2. The Morgan fingerprint density at radius 3 is 2.06 bits per heavy atom. The Bertz CT molecular complexity index is 3960. The summed E-state index contributed by atoms with van der Waals surface area (Å²) in [4.78, 5) is 2.72. The van der Waals surface area contributed by atoms with Crippen molar-refractivity contribution in [1.29, 1.82) is 0 Å². The third-order valence-corrected chi connectivity index (χ3v) is 16.7. The standard InChI is InChI=1S/C60H49BN2OS/c1-32-24-43-40-26-46-39(38-25-34(59(5,6)7)20-23-45(38)60(46,8)9)28-49(40)63(35-21-18-33(19-22-35)58(2,3)4)61-47-27-42-37-15-11-13-17-53(37)65-54(42)31-50(47)62-48-29-41-36-14-10-12-16-51(36)64-52(41)30-44(48)55(32)57(62)56(43)61/h10-31H,1-9H3. The van der Waals surface area contributed by atoms with E-state index in [2.05, 4.69) is 205 Å². The molecule has 314 valence electrons. The van der Waals surface area contributed by atoms with Crippen molar-refractivity contribution in [3.05, 3.63) is 161 Å². The number of hydrogen-bond acceptors (Lipinski definition) is 3. The second-order valence-corrected chi connectivity index (χ2v) is 22.9. The first-order chi connectivity index (χ1) is 31.1. The van der Waals surface area contributed by atoms with Gasteiger partial charge in [0.2, 0.25) is 0 Å². The molecular weight excluding hydrogens is 808 g/mol. The number of fused-ring (bicyclic) bond motifs is 17. The summed E-state index contributed by atoms with van der Waals surface area (Å²) in [5.41, 5.74) is 22.9. The number of benzene rings is 8. The Morgan fingerprint density at radius 1 is 0.554 bits per heavy atom. The van der Waals surface area contributed by atoms with Crippen molar-refractivity contribution in [2.75, 3.05) is 4.81 Å². The van der Waals surface area contributed by atoms with Crippen molar-refractivity contribution < 1.29 is 4.42 Å². The highest BCUT2D eigenvalue weighted by atomic mass is 32.1. The van der Waals surface area contributed by atoms with Crippen LogP contribution in [-0.2, 0) is 16.2 Å². The summed E-state index contributed by atoms with van der Waals surface area (Å²) < 4.78 is 11.9. The van der Waals surface area contributed by atoms with Crippen LogP contribution in [0.15, 0.2) is 138 Å². The predicted molar refractivity (Wildman–Crippen MR) is 280 cm³/mol. The molecule has 0 saturated carbocycles. The van der Waals surface area contributed by atoms with E-state index < -0.39 is 0 Å². The predicted octanol–water partition coefficient (Wildman–Crippen LogP) is 15.5. The number of nitrogens with zero attached hydrogens (tertiary/aromatic N) is 2. The highest BCUT2D eigenvalue weighted by Gasteiger charge is 2.47. The second kappa shape index (κ2) is 12.2. The fourth-order valence-electron chi connectivity index (χ4n) is 12.2. The molecule has 0 unspecified atom stereocenters. The van der Waals surface area contributed by atoms with Gasteiger partial charge in [-0.15, -0.1) is 11.3 Å². The first-order valence-electron chi connectivity index (χ1n) is 23.3. The van der Waals surface area contributed by atoms with Crippen LogP contribution < -0.4 is 15.7 Å². The summed E-state index contributed by atoms with van der Waals surface area (Å²) in [5.74, 6) is 0. The van der Waals surface area contributed by atoms with Crippen LogP contribution in [0.3, 0.4) is 0 Å². The van der Waals surface area contributed by atoms with Gasteiger partial charge in [-0.3, -0.25) is 0 Å². The van der Waals surface area contributed by atoms with Crippen molar-refractivity contribution in [3.63, 3.8) is 0 Å². The van der Waals surface area contributed by atoms with Gasteiger partial charge in [0.05, 0.1) is 11.0 Å². The van der Waals surface area contributed by atoms with Gasteiger partial charge in [0.25, 0.3) is 0 Å². The van der Waals surface area contributed by atoms with Gasteiger partial charge < -0.3 is 13.8 Å². The number of aryl methyl sites for hydroxylation is 1. The molecule has 11 aromatic rings. The molecule has 0 amide bonds. The number of hydrogen-bond donors (Lipinski definition) is 0. The Balaban J connectivity index is 1.16. The fourth-order valence-corrected chi connectivity index (χ4v) is 13.4. The van der Waals surface area contributed by atoms with Gasteiger partial charge in [0.1, 0.15) is 11.2 Å². The van der Waals surface area contributed by atoms with E-state index in [4.69, 9.17) is 4.42 Å². The van der Waals surface area contributed by atoms with E-state index in [1.165, 1.54) is 120 Å². The van der Waals surface area contributed by atoms with Crippen LogP contribution in [0.2, 0.25) is 0 Å². The Labute approximate surface area is 384 Å². The number of para-hydroxylation sites is 1. The Hall–Kier alpha value is -6.56. The average molecular weight is 857 g/mol. The van der Waals surface area contributed by atoms with E-state index in [1.54, 1.807) is 0 Å². The van der Waals surface area contributed by atoms with Crippen molar-refractivity contribution in [1.82, 2.24) is 4.57 Å². The zero-order valence-corrected chi connectivity index (χ0v) is 39.3. The maximum absolute atomic E-state index is 6.63. The lowest BCUT2D eigenvalue weighted by atomic mass is 9.43. The van der Waals surface area contributed by atoms with Gasteiger partial charge in [0.15, 0.2) is 0 Å². The minimum absolute atomic E-state index is 0.0317. The van der Waals surface area contributed by atoms with Crippen LogP contribution >= 0.6 is 11.3 Å². The third kappa shape index (κ3) is 4.87. The summed E-state index contributed by atoms with van der Waals surface area (Å²) in [5, 5.41) is 7.50. The molecule has 0 radical (unpaired) electrons. The molecule has 3 aliphatic rings. The van der Waals surface area contributed by atoms with Gasteiger partial charge in [-0.25, -0.2) is 0 Å².